The number of carbonyl (C=O) groups is 2. The number of likely N-dealkylation sites (tertiary alicyclic amines) is 1. The van der Waals surface area contributed by atoms with Crippen molar-refractivity contribution in [3.63, 3.8) is 0 Å². The van der Waals surface area contributed by atoms with Crippen molar-refractivity contribution in [2.24, 2.45) is 12.8 Å². The van der Waals surface area contributed by atoms with Crippen LogP contribution >= 0.6 is 11.6 Å². The molecule has 1 aliphatic rings. The zero-order chi connectivity index (χ0) is 21.7. The minimum absolute atomic E-state index is 0.0202. The summed E-state index contributed by atoms with van der Waals surface area (Å²) in [5, 5.41) is 2.33. The maximum Gasteiger partial charge on any atom is 0.270 e. The smallest absolute Gasteiger partial charge is 0.270 e. The molecule has 0 saturated carbocycles. The van der Waals surface area contributed by atoms with Crippen molar-refractivity contribution < 1.29 is 9.59 Å². The molecule has 1 atom stereocenters. The highest BCUT2D eigenvalue weighted by Crippen LogP contribution is 2.31. The first-order chi connectivity index (χ1) is 14.9. The second-order valence-corrected chi connectivity index (χ2v) is 8.44. The van der Waals surface area contributed by atoms with E-state index in [0.29, 0.717) is 29.4 Å². The molecule has 0 bridgehead atoms. The normalized spacial score (nSPS) is 16.3. The minimum Gasteiger partial charge on any atom is -0.366 e. The molecular formula is C24H21ClN4O2. The number of nitrogens with zero attached hydrogens (tertiary/aromatic N) is 3. The molecule has 5 rings (SSSR count). The van der Waals surface area contributed by atoms with Gasteiger partial charge >= 0.3 is 0 Å². The molecule has 3 heterocycles. The van der Waals surface area contributed by atoms with Crippen LogP contribution in [0.15, 0.2) is 54.6 Å². The van der Waals surface area contributed by atoms with Gasteiger partial charge in [-0.2, -0.15) is 0 Å². The zero-order valence-corrected chi connectivity index (χ0v) is 17.8. The van der Waals surface area contributed by atoms with E-state index in [2.05, 4.69) is 0 Å². The number of fused-ring (bicyclic) bond motifs is 2. The van der Waals surface area contributed by atoms with Crippen molar-refractivity contribution in [2.45, 2.75) is 12.3 Å². The van der Waals surface area contributed by atoms with Crippen LogP contribution in [0.5, 0.6) is 0 Å². The Kier molecular flexibility index (Phi) is 4.67. The van der Waals surface area contributed by atoms with E-state index in [1.54, 1.807) is 6.07 Å². The third kappa shape index (κ3) is 3.33. The number of carbonyl (C=O) groups excluding carboxylic acids is 2. The van der Waals surface area contributed by atoms with Gasteiger partial charge in [-0.1, -0.05) is 29.8 Å². The van der Waals surface area contributed by atoms with Gasteiger partial charge < -0.3 is 15.2 Å². The molecule has 2 amide bonds. The summed E-state index contributed by atoms with van der Waals surface area (Å²) < 4.78 is 1.90. The molecule has 1 saturated heterocycles. The first kappa shape index (κ1) is 19.6. The van der Waals surface area contributed by atoms with Crippen LogP contribution in [-0.4, -0.2) is 39.4 Å². The molecule has 156 valence electrons. The van der Waals surface area contributed by atoms with E-state index in [0.717, 1.165) is 33.9 Å². The van der Waals surface area contributed by atoms with Gasteiger partial charge in [0.15, 0.2) is 0 Å². The lowest BCUT2D eigenvalue weighted by atomic mass is 9.99. The van der Waals surface area contributed by atoms with Crippen LogP contribution in [0.2, 0.25) is 5.02 Å². The van der Waals surface area contributed by atoms with Gasteiger partial charge in [0.2, 0.25) is 5.91 Å². The second kappa shape index (κ2) is 7.39. The number of halogens is 1. The molecule has 1 aliphatic heterocycles. The van der Waals surface area contributed by atoms with Crippen molar-refractivity contribution in [3.05, 3.63) is 76.6 Å². The predicted molar refractivity (Wildman–Crippen MR) is 121 cm³/mol. The summed E-state index contributed by atoms with van der Waals surface area (Å²) in [5.41, 5.74) is 9.22. The molecule has 2 aromatic heterocycles. The van der Waals surface area contributed by atoms with Gasteiger partial charge in [0, 0.05) is 53.1 Å². The number of primary amides is 1. The number of pyridine rings is 1. The van der Waals surface area contributed by atoms with Crippen LogP contribution in [0.25, 0.3) is 21.8 Å². The van der Waals surface area contributed by atoms with Crippen LogP contribution in [0.3, 0.4) is 0 Å². The lowest BCUT2D eigenvalue weighted by Gasteiger charge is -2.17. The Morgan fingerprint density at radius 2 is 1.94 bits per heavy atom. The standard InChI is InChI=1S/C24H21ClN4O2/c1-28-21-7-6-16(25)10-15(21)11-22(28)24(31)29-9-8-14(13-29)20-12-18(23(26)30)17-4-2-3-5-19(17)27-20/h2-7,10-12,14H,8-9,13H2,1H3,(H2,26,30)/t14-/m0/s1. The average molecular weight is 433 g/mol. The Hall–Kier alpha value is -3.38. The van der Waals surface area contributed by atoms with Gasteiger partial charge in [-0.05, 0) is 42.8 Å². The third-order valence-corrected chi connectivity index (χ3v) is 6.35. The lowest BCUT2D eigenvalue weighted by molar-refractivity contribution is 0.0781. The first-order valence-electron chi connectivity index (χ1n) is 10.2. The fourth-order valence-corrected chi connectivity index (χ4v) is 4.66. The topological polar surface area (TPSA) is 81.2 Å². The number of amides is 2. The SMILES string of the molecule is Cn1c(C(=O)N2CC[C@H](c3cc(C(N)=O)c4ccccc4n3)C2)cc2cc(Cl)ccc21. The molecule has 4 aromatic rings. The Morgan fingerprint density at radius 1 is 1.13 bits per heavy atom. The molecule has 0 radical (unpaired) electrons. The summed E-state index contributed by atoms with van der Waals surface area (Å²) in [5.74, 6) is -0.441. The number of aryl methyl sites for hydroxylation is 1. The number of hydrogen-bond acceptors (Lipinski definition) is 3. The van der Waals surface area contributed by atoms with E-state index in [4.69, 9.17) is 22.3 Å². The Morgan fingerprint density at radius 3 is 2.74 bits per heavy atom. The van der Waals surface area contributed by atoms with Gasteiger partial charge in [0.05, 0.1) is 11.1 Å². The van der Waals surface area contributed by atoms with Gasteiger partial charge in [-0.3, -0.25) is 14.6 Å². The summed E-state index contributed by atoms with van der Waals surface area (Å²) >= 11 is 6.11. The molecule has 31 heavy (non-hydrogen) atoms. The summed E-state index contributed by atoms with van der Waals surface area (Å²) in [6.07, 6.45) is 0.783. The zero-order valence-electron chi connectivity index (χ0n) is 17.0. The predicted octanol–water partition coefficient (Wildman–Crippen LogP) is 4.11. The van der Waals surface area contributed by atoms with Crippen molar-refractivity contribution in [3.8, 4) is 0 Å². The number of aromatic nitrogens is 2. The van der Waals surface area contributed by atoms with Crippen molar-refractivity contribution in [2.75, 3.05) is 13.1 Å². The van der Waals surface area contributed by atoms with E-state index in [1.165, 1.54) is 0 Å². The number of rotatable bonds is 3. The third-order valence-electron chi connectivity index (χ3n) is 6.12. The molecule has 6 nitrogen and oxygen atoms in total. The van der Waals surface area contributed by atoms with Gasteiger partial charge in [0.1, 0.15) is 5.69 Å². The molecule has 0 aliphatic carbocycles. The Balaban J connectivity index is 1.45. The average Bonchev–Trinajstić information content (AvgIpc) is 3.37. The molecule has 0 unspecified atom stereocenters. The molecule has 0 spiro atoms. The fraction of sp³-hybridized carbons (Fsp3) is 0.208. The summed E-state index contributed by atoms with van der Waals surface area (Å²) in [4.78, 5) is 31.9. The second-order valence-electron chi connectivity index (χ2n) is 8.00. The van der Waals surface area contributed by atoms with Crippen LogP contribution in [0.1, 0.15) is 38.9 Å². The highest BCUT2D eigenvalue weighted by atomic mass is 35.5. The van der Waals surface area contributed by atoms with Gasteiger partial charge in [0.25, 0.3) is 5.91 Å². The lowest BCUT2D eigenvalue weighted by Crippen LogP contribution is -2.30. The molecule has 2 N–H and O–H groups in total. The quantitative estimate of drug-likeness (QED) is 0.529. The Bertz CT molecular complexity index is 1360. The maximum atomic E-state index is 13.3. The van der Waals surface area contributed by atoms with Gasteiger partial charge in [-0.25, -0.2) is 0 Å². The highest BCUT2D eigenvalue weighted by molar-refractivity contribution is 6.31. The number of benzene rings is 2. The number of nitrogens with two attached hydrogens (primary N) is 1. The monoisotopic (exact) mass is 432 g/mol. The van der Waals surface area contributed by atoms with Crippen molar-refractivity contribution in [1.29, 1.82) is 0 Å². The maximum absolute atomic E-state index is 13.3. The van der Waals surface area contributed by atoms with Crippen LogP contribution in [-0.2, 0) is 7.05 Å². The molecule has 1 fully saturated rings. The van der Waals surface area contributed by atoms with E-state index >= 15 is 0 Å². The Labute approximate surface area is 184 Å². The first-order valence-corrected chi connectivity index (χ1v) is 10.5. The van der Waals surface area contributed by atoms with Crippen LogP contribution < -0.4 is 5.73 Å². The largest absolute Gasteiger partial charge is 0.366 e. The minimum atomic E-state index is -0.472. The van der Waals surface area contributed by atoms with Gasteiger partial charge in [-0.15, -0.1) is 0 Å². The highest BCUT2D eigenvalue weighted by Gasteiger charge is 2.31. The summed E-state index contributed by atoms with van der Waals surface area (Å²) in [7, 11) is 1.89. The van der Waals surface area contributed by atoms with Crippen molar-refractivity contribution in [1.82, 2.24) is 14.5 Å². The van der Waals surface area contributed by atoms with E-state index in [9.17, 15) is 9.59 Å². The van der Waals surface area contributed by atoms with Crippen LogP contribution in [0.4, 0.5) is 0 Å². The van der Waals surface area contributed by atoms with E-state index < -0.39 is 5.91 Å². The van der Waals surface area contributed by atoms with Crippen molar-refractivity contribution >= 4 is 45.2 Å². The molecule has 2 aromatic carbocycles. The fourth-order valence-electron chi connectivity index (χ4n) is 4.48. The molecule has 7 heteroatoms. The molecular weight excluding hydrogens is 412 g/mol. The van der Waals surface area contributed by atoms with E-state index in [-0.39, 0.29) is 11.8 Å². The number of hydrogen-bond donors (Lipinski definition) is 1. The number of para-hydroxylation sites is 1. The summed E-state index contributed by atoms with van der Waals surface area (Å²) in [6, 6.07) is 16.8. The van der Waals surface area contributed by atoms with E-state index in [1.807, 2.05) is 65.0 Å². The summed E-state index contributed by atoms with van der Waals surface area (Å²) in [6.45, 7) is 1.18. The van der Waals surface area contributed by atoms with Crippen LogP contribution in [0, 0.1) is 0 Å².